The van der Waals surface area contributed by atoms with Crippen LogP contribution in [0, 0.1) is 0 Å². The predicted octanol–water partition coefficient (Wildman–Crippen LogP) is 6.28. The Balaban J connectivity index is 0. The van der Waals surface area contributed by atoms with Crippen LogP contribution in [0.3, 0.4) is 0 Å². The van der Waals surface area contributed by atoms with Crippen molar-refractivity contribution in [1.82, 2.24) is 0 Å². The van der Waals surface area contributed by atoms with Crippen LogP contribution in [0.1, 0.15) is 84.0 Å². The highest BCUT2D eigenvalue weighted by molar-refractivity contribution is 14.1. The molecule has 0 atom stereocenters. The lowest BCUT2D eigenvalue weighted by Gasteiger charge is -2.01. The van der Waals surface area contributed by atoms with Gasteiger partial charge in [0.25, 0.3) is 0 Å². The second-order valence-corrected chi connectivity index (χ2v) is 5.66. The van der Waals surface area contributed by atoms with Crippen molar-refractivity contribution >= 4 is 22.6 Å². The highest BCUT2D eigenvalue weighted by Crippen LogP contribution is 2.12. The van der Waals surface area contributed by atoms with E-state index in [0.717, 1.165) is 0 Å². The summed E-state index contributed by atoms with van der Waals surface area (Å²) < 4.78 is 1.34. The van der Waals surface area contributed by atoms with E-state index in [9.17, 15) is 0 Å². The number of alkyl halides is 1. The minimum Gasteiger partial charge on any atom is -0.269 e. The third-order valence-electron chi connectivity index (χ3n) is 2.99. The monoisotopic (exact) mass is 344 g/mol. The molecule has 0 rings (SSSR count). The normalized spacial score (nSPS) is 10.1. The van der Waals surface area contributed by atoms with Crippen molar-refractivity contribution in [2.45, 2.75) is 84.0 Å². The number of hydrogen-bond acceptors (Lipinski definition) is 0. The molecule has 0 aromatic heterocycles. The predicted molar refractivity (Wildman–Crippen MR) is 82.5 cm³/mol. The Morgan fingerprint density at radius 2 is 0.875 bits per heavy atom. The third-order valence-corrected chi connectivity index (χ3v) is 3.75. The van der Waals surface area contributed by atoms with E-state index in [1.54, 1.807) is 0 Å². The minimum atomic E-state index is 0. The van der Waals surface area contributed by atoms with Crippen LogP contribution in [0.4, 0.5) is 4.70 Å². The zero-order valence-electron chi connectivity index (χ0n) is 11.0. The van der Waals surface area contributed by atoms with E-state index in [-0.39, 0.29) is 4.70 Å². The van der Waals surface area contributed by atoms with Crippen molar-refractivity contribution in [3.05, 3.63) is 0 Å². The molecule has 0 aliphatic rings. The van der Waals surface area contributed by atoms with Gasteiger partial charge in [0.2, 0.25) is 0 Å². The number of rotatable bonds is 12. The van der Waals surface area contributed by atoms with Crippen LogP contribution in [-0.4, -0.2) is 4.43 Å². The molecule has 0 bridgehead atoms. The van der Waals surface area contributed by atoms with Gasteiger partial charge in [0.1, 0.15) is 0 Å². The molecule has 100 valence electrons. The number of hydrogen-bond donors (Lipinski definition) is 0. The van der Waals surface area contributed by atoms with Crippen molar-refractivity contribution in [3.8, 4) is 0 Å². The molecule has 0 aliphatic heterocycles. The van der Waals surface area contributed by atoms with Crippen molar-refractivity contribution in [2.75, 3.05) is 4.43 Å². The van der Waals surface area contributed by atoms with Gasteiger partial charge in [0.15, 0.2) is 0 Å². The van der Waals surface area contributed by atoms with Crippen LogP contribution >= 0.6 is 22.6 Å². The molecule has 0 radical (unpaired) electrons. The van der Waals surface area contributed by atoms with Crippen LogP contribution in [0.15, 0.2) is 0 Å². The molecule has 0 unspecified atom stereocenters. The SMILES string of the molecule is CCCCCCCCCCCCCCI.F. The van der Waals surface area contributed by atoms with Gasteiger partial charge >= 0.3 is 0 Å². The quantitative estimate of drug-likeness (QED) is 0.222. The Hall–Kier alpha value is 0.660. The lowest BCUT2D eigenvalue weighted by atomic mass is 10.1. The number of unbranched alkanes of at least 4 members (excludes halogenated alkanes) is 11. The van der Waals surface area contributed by atoms with Crippen molar-refractivity contribution in [3.63, 3.8) is 0 Å². The molecule has 0 saturated heterocycles. The number of halogens is 2. The van der Waals surface area contributed by atoms with Crippen LogP contribution in [0.2, 0.25) is 0 Å². The van der Waals surface area contributed by atoms with Gasteiger partial charge in [0, 0.05) is 0 Å². The summed E-state index contributed by atoms with van der Waals surface area (Å²) in [5.41, 5.74) is 0. The van der Waals surface area contributed by atoms with Crippen LogP contribution in [-0.2, 0) is 0 Å². The Kier molecular flexibility index (Phi) is 21.4. The first-order chi connectivity index (χ1) is 7.41. The zero-order chi connectivity index (χ0) is 11.2. The maximum Gasteiger partial charge on any atom is -0.000473 e. The molecule has 0 amide bonds. The summed E-state index contributed by atoms with van der Waals surface area (Å²) in [6.07, 6.45) is 17.5. The van der Waals surface area contributed by atoms with Crippen molar-refractivity contribution < 1.29 is 4.70 Å². The lowest BCUT2D eigenvalue weighted by Crippen LogP contribution is -1.82. The Bertz CT molecular complexity index is 94.9. The van der Waals surface area contributed by atoms with E-state index >= 15 is 0 Å². The summed E-state index contributed by atoms with van der Waals surface area (Å²) in [5.74, 6) is 0. The van der Waals surface area contributed by atoms with E-state index in [4.69, 9.17) is 0 Å². The smallest absolute Gasteiger partial charge is 0.000473 e. The first kappa shape index (κ1) is 19.0. The van der Waals surface area contributed by atoms with Gasteiger partial charge < -0.3 is 0 Å². The summed E-state index contributed by atoms with van der Waals surface area (Å²) in [5, 5.41) is 0. The van der Waals surface area contributed by atoms with Crippen molar-refractivity contribution in [1.29, 1.82) is 0 Å². The largest absolute Gasteiger partial charge is 0.269 e. The summed E-state index contributed by atoms with van der Waals surface area (Å²) >= 11 is 2.48. The molecule has 0 spiro atoms. The van der Waals surface area contributed by atoms with E-state index in [1.807, 2.05) is 0 Å². The van der Waals surface area contributed by atoms with E-state index in [0.29, 0.717) is 0 Å². The average molecular weight is 344 g/mol. The molecule has 2 heteroatoms. The molecule has 0 aromatic carbocycles. The molecule has 0 saturated carbocycles. The Labute approximate surface area is 115 Å². The van der Waals surface area contributed by atoms with Crippen LogP contribution in [0.25, 0.3) is 0 Å². The summed E-state index contributed by atoms with van der Waals surface area (Å²) in [6.45, 7) is 2.29. The maximum atomic E-state index is 2.48. The third kappa shape index (κ3) is 17.1. The highest BCUT2D eigenvalue weighted by atomic mass is 127. The zero-order valence-corrected chi connectivity index (χ0v) is 13.1. The summed E-state index contributed by atoms with van der Waals surface area (Å²) in [6, 6.07) is 0. The molecular formula is C14H30FI. The van der Waals surface area contributed by atoms with E-state index in [1.165, 1.54) is 81.5 Å². The molecule has 0 heterocycles. The van der Waals surface area contributed by atoms with Gasteiger partial charge in [-0.05, 0) is 10.8 Å². The first-order valence-corrected chi connectivity index (χ1v) is 8.50. The maximum absolute atomic E-state index is 2.48. The lowest BCUT2D eigenvalue weighted by molar-refractivity contribution is 0.549. The van der Waals surface area contributed by atoms with Crippen LogP contribution in [0.5, 0.6) is 0 Å². The second kappa shape index (κ2) is 18.0. The molecule has 0 aliphatic carbocycles. The standard InChI is InChI=1S/C14H29I.FH/c1-2-3-4-5-6-7-8-9-10-11-12-13-14-15;/h2-14H2,1H3;1H. The first-order valence-electron chi connectivity index (χ1n) is 6.97. The van der Waals surface area contributed by atoms with Gasteiger partial charge in [-0.25, -0.2) is 0 Å². The molecular weight excluding hydrogens is 314 g/mol. The van der Waals surface area contributed by atoms with E-state index in [2.05, 4.69) is 29.5 Å². The molecule has 0 aromatic rings. The molecule has 0 N–H and O–H groups in total. The minimum absolute atomic E-state index is 0. The topological polar surface area (TPSA) is 0 Å². The Morgan fingerprint density at radius 3 is 1.19 bits per heavy atom. The molecule has 0 fully saturated rings. The second-order valence-electron chi connectivity index (χ2n) is 4.58. The van der Waals surface area contributed by atoms with Gasteiger partial charge in [-0.2, -0.15) is 0 Å². The van der Waals surface area contributed by atoms with Gasteiger partial charge in [-0.3, -0.25) is 4.70 Å². The van der Waals surface area contributed by atoms with Crippen molar-refractivity contribution in [2.24, 2.45) is 0 Å². The summed E-state index contributed by atoms with van der Waals surface area (Å²) in [4.78, 5) is 0. The van der Waals surface area contributed by atoms with E-state index < -0.39 is 0 Å². The van der Waals surface area contributed by atoms with Gasteiger partial charge in [0.05, 0.1) is 0 Å². The molecule has 0 nitrogen and oxygen atoms in total. The molecule has 16 heavy (non-hydrogen) atoms. The highest BCUT2D eigenvalue weighted by Gasteiger charge is 1.92. The Morgan fingerprint density at radius 1 is 0.562 bits per heavy atom. The van der Waals surface area contributed by atoms with Gasteiger partial charge in [-0.15, -0.1) is 0 Å². The average Bonchev–Trinajstić information content (AvgIpc) is 2.26. The fourth-order valence-corrected chi connectivity index (χ4v) is 2.47. The summed E-state index contributed by atoms with van der Waals surface area (Å²) in [7, 11) is 0. The van der Waals surface area contributed by atoms with Gasteiger partial charge in [-0.1, -0.05) is 100 Å². The fraction of sp³-hybridized carbons (Fsp3) is 1.00. The van der Waals surface area contributed by atoms with Crippen LogP contribution < -0.4 is 0 Å². The fourth-order valence-electron chi connectivity index (χ4n) is 1.94.